The Morgan fingerprint density at radius 2 is 2.22 bits per heavy atom. The second-order valence-electron chi connectivity index (χ2n) is 5.38. The number of hydrogen-bond donors (Lipinski definition) is 1. The molecule has 3 atom stereocenters. The topological polar surface area (TPSA) is 72.5 Å². The maximum Gasteiger partial charge on any atom is 0.310 e. The highest BCUT2D eigenvalue weighted by Gasteiger charge is 2.57. The molecule has 104 valence electrons. The predicted molar refractivity (Wildman–Crippen MR) is 67.9 cm³/mol. The zero-order valence-corrected chi connectivity index (χ0v) is 11.8. The van der Waals surface area contributed by atoms with Crippen LogP contribution in [-0.2, 0) is 19.4 Å². The molecule has 0 radical (unpaired) electrons. The molecular formula is C12H21NO4S. The van der Waals surface area contributed by atoms with Crippen LogP contribution in [0.4, 0.5) is 0 Å². The first kappa shape index (κ1) is 13.8. The fraction of sp³-hybridized carbons (Fsp3) is 0.917. The number of rotatable bonds is 3. The summed E-state index contributed by atoms with van der Waals surface area (Å²) >= 11 is 0. The van der Waals surface area contributed by atoms with E-state index in [1.165, 1.54) is 6.26 Å². The van der Waals surface area contributed by atoms with Gasteiger partial charge in [-0.2, -0.15) is 0 Å². The third-order valence-corrected chi connectivity index (χ3v) is 6.07. The third-order valence-electron chi connectivity index (χ3n) is 4.33. The minimum Gasteiger partial charge on any atom is -0.466 e. The number of carbonyl (C=O) groups excluding carboxylic acids is 1. The van der Waals surface area contributed by atoms with E-state index in [2.05, 4.69) is 5.32 Å². The molecule has 0 amide bonds. The lowest BCUT2D eigenvalue weighted by Gasteiger charge is -2.34. The molecule has 1 heterocycles. The zero-order valence-electron chi connectivity index (χ0n) is 10.9. The van der Waals surface area contributed by atoms with Crippen LogP contribution in [0.15, 0.2) is 0 Å². The Kier molecular flexibility index (Phi) is 3.69. The highest BCUT2D eigenvalue weighted by molar-refractivity contribution is 7.91. The molecule has 1 spiro atoms. The molecule has 1 N–H and O–H groups in total. The van der Waals surface area contributed by atoms with Gasteiger partial charge in [0.2, 0.25) is 0 Å². The highest BCUT2D eigenvalue weighted by Crippen LogP contribution is 2.49. The highest BCUT2D eigenvalue weighted by atomic mass is 32.2. The van der Waals surface area contributed by atoms with Crippen molar-refractivity contribution in [2.75, 3.05) is 26.0 Å². The summed E-state index contributed by atoms with van der Waals surface area (Å²) in [5.41, 5.74) is -0.445. The van der Waals surface area contributed by atoms with Crippen LogP contribution >= 0.6 is 0 Å². The standard InChI is InChI=1S/C12H21NO4S/c1-3-17-11(14)9-7-13-8-12(9)6-4-5-10(12)18(2,15)16/h9-10,13H,3-8H2,1-2H3. The van der Waals surface area contributed by atoms with Crippen molar-refractivity contribution in [2.45, 2.75) is 31.4 Å². The van der Waals surface area contributed by atoms with Gasteiger partial charge in [-0.1, -0.05) is 6.42 Å². The molecule has 6 heteroatoms. The molecule has 0 aromatic carbocycles. The van der Waals surface area contributed by atoms with Gasteiger partial charge in [0.1, 0.15) is 0 Å². The van der Waals surface area contributed by atoms with Gasteiger partial charge < -0.3 is 10.1 Å². The predicted octanol–water partition coefficient (Wildman–Crippen LogP) is 0.352. The van der Waals surface area contributed by atoms with E-state index in [-0.39, 0.29) is 11.9 Å². The Morgan fingerprint density at radius 1 is 1.50 bits per heavy atom. The van der Waals surface area contributed by atoms with E-state index in [1.54, 1.807) is 6.92 Å². The van der Waals surface area contributed by atoms with E-state index in [0.717, 1.165) is 12.8 Å². The number of sulfone groups is 1. The van der Waals surface area contributed by atoms with Gasteiger partial charge in [0.25, 0.3) is 0 Å². The molecule has 1 aliphatic carbocycles. The molecule has 1 saturated heterocycles. The molecule has 3 unspecified atom stereocenters. The molecule has 2 aliphatic rings. The molecular weight excluding hydrogens is 254 g/mol. The van der Waals surface area contributed by atoms with Crippen molar-refractivity contribution in [3.8, 4) is 0 Å². The van der Waals surface area contributed by atoms with Crippen LogP contribution in [0.5, 0.6) is 0 Å². The SMILES string of the molecule is CCOC(=O)C1CNCC12CCCC2S(C)(=O)=O. The van der Waals surface area contributed by atoms with Crippen molar-refractivity contribution in [1.82, 2.24) is 5.32 Å². The van der Waals surface area contributed by atoms with E-state index in [0.29, 0.717) is 26.1 Å². The molecule has 0 aromatic rings. The summed E-state index contributed by atoms with van der Waals surface area (Å²) in [5.74, 6) is -0.572. The maximum absolute atomic E-state index is 12.0. The lowest BCUT2D eigenvalue weighted by atomic mass is 9.76. The van der Waals surface area contributed by atoms with Crippen LogP contribution in [0, 0.1) is 11.3 Å². The van der Waals surface area contributed by atoms with Gasteiger partial charge in [-0.15, -0.1) is 0 Å². The first-order valence-corrected chi connectivity index (χ1v) is 8.43. The summed E-state index contributed by atoms with van der Waals surface area (Å²) < 4.78 is 29.0. The second-order valence-corrected chi connectivity index (χ2v) is 7.61. The molecule has 0 bridgehead atoms. The smallest absolute Gasteiger partial charge is 0.310 e. The first-order chi connectivity index (χ1) is 8.42. The quantitative estimate of drug-likeness (QED) is 0.753. The minimum atomic E-state index is -3.12. The van der Waals surface area contributed by atoms with Crippen LogP contribution in [0.3, 0.4) is 0 Å². The Morgan fingerprint density at radius 3 is 2.83 bits per heavy atom. The fourth-order valence-electron chi connectivity index (χ4n) is 3.64. The van der Waals surface area contributed by atoms with Gasteiger partial charge in [-0.3, -0.25) is 4.79 Å². The van der Waals surface area contributed by atoms with Crippen LogP contribution in [0.25, 0.3) is 0 Å². The van der Waals surface area contributed by atoms with Crippen molar-refractivity contribution in [3.63, 3.8) is 0 Å². The summed E-state index contributed by atoms with van der Waals surface area (Å²) in [5, 5.41) is 2.77. The van der Waals surface area contributed by atoms with Crippen LogP contribution in [0.1, 0.15) is 26.2 Å². The fourth-order valence-corrected chi connectivity index (χ4v) is 5.46. The van der Waals surface area contributed by atoms with Crippen LogP contribution < -0.4 is 5.32 Å². The molecule has 1 saturated carbocycles. The van der Waals surface area contributed by atoms with Gasteiger partial charge in [0, 0.05) is 24.8 Å². The van der Waals surface area contributed by atoms with Gasteiger partial charge in [0.15, 0.2) is 9.84 Å². The Labute approximate surface area is 108 Å². The van der Waals surface area contributed by atoms with Crippen molar-refractivity contribution >= 4 is 15.8 Å². The molecule has 2 rings (SSSR count). The maximum atomic E-state index is 12.0. The van der Waals surface area contributed by atoms with Gasteiger partial charge in [0.05, 0.1) is 17.8 Å². The van der Waals surface area contributed by atoms with Gasteiger partial charge in [-0.05, 0) is 19.8 Å². The minimum absolute atomic E-state index is 0.252. The van der Waals surface area contributed by atoms with Crippen molar-refractivity contribution in [2.24, 2.45) is 11.3 Å². The summed E-state index contributed by atoms with van der Waals surface area (Å²) in [6, 6.07) is 0. The van der Waals surface area contributed by atoms with Crippen molar-refractivity contribution in [3.05, 3.63) is 0 Å². The monoisotopic (exact) mass is 275 g/mol. The van der Waals surface area contributed by atoms with Crippen molar-refractivity contribution < 1.29 is 17.9 Å². The first-order valence-electron chi connectivity index (χ1n) is 6.48. The number of carbonyl (C=O) groups is 1. The third kappa shape index (κ3) is 2.16. The molecule has 18 heavy (non-hydrogen) atoms. The second kappa shape index (κ2) is 4.81. The average Bonchev–Trinajstić information content (AvgIpc) is 2.86. The summed E-state index contributed by atoms with van der Waals surface area (Å²) in [6.07, 6.45) is 3.61. The summed E-state index contributed by atoms with van der Waals surface area (Å²) in [6.45, 7) is 3.25. The van der Waals surface area contributed by atoms with E-state index < -0.39 is 20.5 Å². The molecule has 5 nitrogen and oxygen atoms in total. The van der Waals surface area contributed by atoms with Gasteiger partial charge in [-0.25, -0.2) is 8.42 Å². The molecule has 0 aromatic heterocycles. The summed E-state index contributed by atoms with van der Waals surface area (Å²) in [7, 11) is -3.12. The molecule has 2 fully saturated rings. The Hall–Kier alpha value is -0.620. The zero-order chi connectivity index (χ0) is 13.4. The van der Waals surface area contributed by atoms with E-state index in [1.807, 2.05) is 0 Å². The van der Waals surface area contributed by atoms with Gasteiger partial charge >= 0.3 is 5.97 Å². The van der Waals surface area contributed by atoms with E-state index >= 15 is 0 Å². The number of nitrogens with one attached hydrogen (secondary N) is 1. The normalized spacial score (nSPS) is 36.1. The largest absolute Gasteiger partial charge is 0.466 e. The van der Waals surface area contributed by atoms with Crippen LogP contribution in [0.2, 0.25) is 0 Å². The Bertz CT molecular complexity index is 429. The van der Waals surface area contributed by atoms with Crippen LogP contribution in [-0.4, -0.2) is 45.6 Å². The lowest BCUT2D eigenvalue weighted by molar-refractivity contribution is -0.150. The average molecular weight is 275 g/mol. The molecule has 1 aliphatic heterocycles. The van der Waals surface area contributed by atoms with E-state index in [4.69, 9.17) is 4.74 Å². The van der Waals surface area contributed by atoms with Crippen molar-refractivity contribution in [1.29, 1.82) is 0 Å². The number of esters is 1. The summed E-state index contributed by atoms with van der Waals surface area (Å²) in [4.78, 5) is 12.0. The lowest BCUT2D eigenvalue weighted by Crippen LogP contribution is -2.45. The van der Waals surface area contributed by atoms with E-state index in [9.17, 15) is 13.2 Å². The Balaban J connectivity index is 2.30. The number of ether oxygens (including phenoxy) is 1. The number of hydrogen-bond acceptors (Lipinski definition) is 5.